The number of hydrogen-bond acceptors (Lipinski definition) is 4. The lowest BCUT2D eigenvalue weighted by Gasteiger charge is -2.20. The molecule has 0 unspecified atom stereocenters. The topological polar surface area (TPSA) is 63.2 Å². The van der Waals surface area contributed by atoms with Gasteiger partial charge in [-0.2, -0.15) is 0 Å². The maximum Gasteiger partial charge on any atom is 0.270 e. The molecule has 0 saturated carbocycles. The fourth-order valence-electron chi connectivity index (χ4n) is 2.21. The predicted molar refractivity (Wildman–Crippen MR) is 96.6 cm³/mol. The summed E-state index contributed by atoms with van der Waals surface area (Å²) in [5.41, 5.74) is 2.25. The monoisotopic (exact) mass is 327 g/mol. The summed E-state index contributed by atoms with van der Waals surface area (Å²) in [5.74, 6) is 0.691. The molecule has 2 aromatic rings. The maximum atomic E-state index is 12.2. The van der Waals surface area contributed by atoms with Crippen molar-refractivity contribution in [2.75, 3.05) is 19.0 Å². The van der Waals surface area contributed by atoms with Gasteiger partial charge < -0.3 is 15.4 Å². The first-order valence-electron chi connectivity index (χ1n) is 8.03. The first-order chi connectivity index (χ1) is 11.4. The molecule has 0 aliphatic rings. The lowest BCUT2D eigenvalue weighted by Crippen LogP contribution is -2.40. The van der Waals surface area contributed by atoms with E-state index in [0.717, 1.165) is 24.4 Å². The number of methoxy groups -OCH3 is 1. The number of rotatable bonds is 6. The summed E-state index contributed by atoms with van der Waals surface area (Å²) in [6.07, 6.45) is 2.53. The Morgan fingerprint density at radius 1 is 1.17 bits per heavy atom. The van der Waals surface area contributed by atoms with Gasteiger partial charge in [-0.05, 0) is 57.0 Å². The molecule has 1 heterocycles. The van der Waals surface area contributed by atoms with Crippen molar-refractivity contribution in [2.24, 2.45) is 0 Å². The number of amides is 1. The van der Waals surface area contributed by atoms with Gasteiger partial charge in [0.1, 0.15) is 11.4 Å². The van der Waals surface area contributed by atoms with Crippen LogP contribution in [0.3, 0.4) is 0 Å². The number of aromatic nitrogens is 1. The van der Waals surface area contributed by atoms with Crippen LogP contribution in [-0.2, 0) is 6.42 Å². The SMILES string of the molecule is COc1ccc(CCNc2ccnc(C(=O)NC(C)(C)C)c2)cc1. The summed E-state index contributed by atoms with van der Waals surface area (Å²) in [4.78, 5) is 16.3. The first-order valence-corrected chi connectivity index (χ1v) is 8.03. The van der Waals surface area contributed by atoms with Gasteiger partial charge in [0, 0.05) is 24.0 Å². The largest absolute Gasteiger partial charge is 0.497 e. The number of pyridine rings is 1. The highest BCUT2D eigenvalue weighted by molar-refractivity contribution is 5.93. The van der Waals surface area contributed by atoms with Crippen molar-refractivity contribution in [3.8, 4) is 5.75 Å². The number of ether oxygens (including phenoxy) is 1. The molecule has 24 heavy (non-hydrogen) atoms. The summed E-state index contributed by atoms with van der Waals surface area (Å²) in [5, 5.41) is 6.24. The highest BCUT2D eigenvalue weighted by Crippen LogP contribution is 2.13. The molecule has 1 amide bonds. The Morgan fingerprint density at radius 3 is 2.50 bits per heavy atom. The molecular weight excluding hydrogens is 302 g/mol. The minimum Gasteiger partial charge on any atom is -0.497 e. The van der Waals surface area contributed by atoms with Crippen molar-refractivity contribution in [1.29, 1.82) is 0 Å². The van der Waals surface area contributed by atoms with Crippen molar-refractivity contribution < 1.29 is 9.53 Å². The summed E-state index contributed by atoms with van der Waals surface area (Å²) < 4.78 is 5.15. The van der Waals surface area contributed by atoms with Gasteiger partial charge in [0.2, 0.25) is 0 Å². The van der Waals surface area contributed by atoms with Gasteiger partial charge in [-0.1, -0.05) is 12.1 Å². The van der Waals surface area contributed by atoms with E-state index >= 15 is 0 Å². The number of carbonyl (C=O) groups excluding carboxylic acids is 1. The second kappa shape index (κ2) is 7.81. The lowest BCUT2D eigenvalue weighted by atomic mass is 10.1. The van der Waals surface area contributed by atoms with Gasteiger partial charge in [0.15, 0.2) is 0 Å². The molecule has 0 atom stereocenters. The Hall–Kier alpha value is -2.56. The summed E-state index contributed by atoms with van der Waals surface area (Å²) in [6.45, 7) is 6.61. The lowest BCUT2D eigenvalue weighted by molar-refractivity contribution is 0.0914. The van der Waals surface area contributed by atoms with Crippen LogP contribution in [0.15, 0.2) is 42.6 Å². The van der Waals surface area contributed by atoms with Crippen LogP contribution in [0.2, 0.25) is 0 Å². The zero-order valence-corrected chi connectivity index (χ0v) is 14.7. The van der Waals surface area contributed by atoms with E-state index in [1.165, 1.54) is 5.56 Å². The van der Waals surface area contributed by atoms with Gasteiger partial charge in [-0.15, -0.1) is 0 Å². The number of nitrogens with one attached hydrogen (secondary N) is 2. The van der Waals surface area contributed by atoms with Crippen molar-refractivity contribution in [3.63, 3.8) is 0 Å². The molecule has 2 N–H and O–H groups in total. The summed E-state index contributed by atoms with van der Waals surface area (Å²) >= 11 is 0. The van der Waals surface area contributed by atoms with Crippen LogP contribution < -0.4 is 15.4 Å². The molecule has 0 saturated heterocycles. The summed E-state index contributed by atoms with van der Waals surface area (Å²) in [7, 11) is 1.66. The molecule has 2 rings (SSSR count). The molecule has 5 heteroatoms. The molecule has 0 radical (unpaired) electrons. The Balaban J connectivity index is 1.90. The molecule has 0 aliphatic heterocycles. The van der Waals surface area contributed by atoms with E-state index in [4.69, 9.17) is 4.74 Å². The molecular formula is C19H25N3O2. The van der Waals surface area contributed by atoms with Crippen molar-refractivity contribution in [2.45, 2.75) is 32.7 Å². The van der Waals surface area contributed by atoms with Crippen LogP contribution in [0.4, 0.5) is 5.69 Å². The Kier molecular flexibility index (Phi) is 5.79. The van der Waals surface area contributed by atoms with E-state index in [1.54, 1.807) is 19.4 Å². The third-order valence-electron chi connectivity index (χ3n) is 3.38. The third-order valence-corrected chi connectivity index (χ3v) is 3.38. The van der Waals surface area contributed by atoms with Gasteiger partial charge in [0.25, 0.3) is 5.91 Å². The number of benzene rings is 1. The minimum absolute atomic E-state index is 0.165. The van der Waals surface area contributed by atoms with Gasteiger partial charge in [-0.3, -0.25) is 9.78 Å². The molecule has 0 bridgehead atoms. The number of carbonyl (C=O) groups is 1. The van der Waals surface area contributed by atoms with Crippen LogP contribution in [0.5, 0.6) is 5.75 Å². The molecule has 0 spiro atoms. The standard InChI is InChI=1S/C19H25N3O2/c1-19(2,3)22-18(23)17-13-15(10-12-21-17)20-11-9-14-5-7-16(24-4)8-6-14/h5-8,10,12-13H,9,11H2,1-4H3,(H,20,21)(H,22,23). The highest BCUT2D eigenvalue weighted by Gasteiger charge is 2.16. The van der Waals surface area contributed by atoms with E-state index in [-0.39, 0.29) is 11.4 Å². The minimum atomic E-state index is -0.281. The normalized spacial score (nSPS) is 11.0. The van der Waals surface area contributed by atoms with E-state index in [1.807, 2.05) is 39.0 Å². The maximum absolute atomic E-state index is 12.2. The third kappa shape index (κ3) is 5.57. The number of nitrogens with zero attached hydrogens (tertiary/aromatic N) is 1. The average Bonchev–Trinajstić information content (AvgIpc) is 2.54. The van der Waals surface area contributed by atoms with Crippen molar-refractivity contribution >= 4 is 11.6 Å². The van der Waals surface area contributed by atoms with Crippen LogP contribution in [0.25, 0.3) is 0 Å². The van der Waals surface area contributed by atoms with Gasteiger partial charge >= 0.3 is 0 Å². The van der Waals surface area contributed by atoms with Gasteiger partial charge in [-0.25, -0.2) is 0 Å². The molecule has 5 nitrogen and oxygen atoms in total. The van der Waals surface area contributed by atoms with E-state index < -0.39 is 0 Å². The fourth-order valence-corrected chi connectivity index (χ4v) is 2.21. The van der Waals surface area contributed by atoms with Gasteiger partial charge in [0.05, 0.1) is 7.11 Å². The molecule has 128 valence electrons. The smallest absolute Gasteiger partial charge is 0.270 e. The molecule has 1 aromatic heterocycles. The number of hydrogen-bond donors (Lipinski definition) is 2. The van der Waals surface area contributed by atoms with Crippen LogP contribution >= 0.6 is 0 Å². The van der Waals surface area contributed by atoms with E-state index in [9.17, 15) is 4.79 Å². The van der Waals surface area contributed by atoms with Crippen LogP contribution in [-0.4, -0.2) is 30.1 Å². The Bertz CT molecular complexity index is 676. The predicted octanol–water partition coefficient (Wildman–Crippen LogP) is 3.27. The van der Waals surface area contributed by atoms with E-state index in [0.29, 0.717) is 5.69 Å². The zero-order chi connectivity index (χ0) is 17.6. The summed E-state index contributed by atoms with van der Waals surface area (Å²) in [6, 6.07) is 11.6. The Morgan fingerprint density at radius 2 is 1.88 bits per heavy atom. The molecule has 1 aromatic carbocycles. The van der Waals surface area contributed by atoms with Crippen molar-refractivity contribution in [3.05, 3.63) is 53.9 Å². The molecule has 0 aliphatic carbocycles. The Labute approximate surface area is 143 Å². The first kappa shape index (κ1) is 17.8. The highest BCUT2D eigenvalue weighted by atomic mass is 16.5. The fraction of sp³-hybridized carbons (Fsp3) is 0.368. The van der Waals surface area contributed by atoms with Crippen LogP contribution in [0.1, 0.15) is 36.8 Å². The van der Waals surface area contributed by atoms with Crippen molar-refractivity contribution in [1.82, 2.24) is 10.3 Å². The second-order valence-electron chi connectivity index (χ2n) is 6.66. The second-order valence-corrected chi connectivity index (χ2v) is 6.66. The molecule has 0 fully saturated rings. The van der Waals surface area contributed by atoms with Crippen LogP contribution in [0, 0.1) is 0 Å². The average molecular weight is 327 g/mol. The zero-order valence-electron chi connectivity index (χ0n) is 14.7. The quantitative estimate of drug-likeness (QED) is 0.855. The number of anilines is 1. The van der Waals surface area contributed by atoms with E-state index in [2.05, 4.69) is 27.8 Å².